The Morgan fingerprint density at radius 1 is 0.514 bits per heavy atom. The Morgan fingerprint density at radius 3 is 1.49 bits per heavy atom. The van der Waals surface area contributed by atoms with Crippen LogP contribution in [0.15, 0.2) is 115 Å². The number of carbonyl (C=O) groups excluding carboxylic acids is 2. The molecular weight excluding hydrogens is 436 g/mol. The van der Waals surface area contributed by atoms with Crippen LogP contribution >= 0.6 is 0 Å². The summed E-state index contributed by atoms with van der Waals surface area (Å²) >= 11 is 0. The zero-order chi connectivity index (χ0) is 24.3. The fourth-order valence-corrected chi connectivity index (χ4v) is 3.67. The molecule has 4 aromatic rings. The average Bonchev–Trinajstić information content (AvgIpc) is 2.92. The first kappa shape index (κ1) is 23.6. The number of amides is 4. The van der Waals surface area contributed by atoms with Crippen LogP contribution in [0.5, 0.6) is 0 Å². The quantitative estimate of drug-likeness (QED) is 0.311. The normalized spacial score (nSPS) is 10.3. The van der Waals surface area contributed by atoms with E-state index in [0.717, 1.165) is 28.1 Å². The molecule has 0 fully saturated rings. The van der Waals surface area contributed by atoms with E-state index in [0.29, 0.717) is 19.6 Å². The molecule has 0 spiro atoms. The second-order valence-corrected chi connectivity index (χ2v) is 8.01. The number of hydrogen-bond acceptors (Lipinski definition) is 2. The fourth-order valence-electron chi connectivity index (χ4n) is 3.67. The first-order chi connectivity index (χ1) is 17.2. The molecule has 0 unspecified atom stereocenters. The Bertz CT molecular complexity index is 1190. The molecule has 6 nitrogen and oxygen atoms in total. The van der Waals surface area contributed by atoms with Gasteiger partial charge in [0.2, 0.25) is 0 Å². The molecule has 176 valence electrons. The van der Waals surface area contributed by atoms with E-state index in [1.165, 1.54) is 0 Å². The SMILES string of the molecule is O=C(NCc1ccccc1)NCc1cccc(CNC(=O)N(c2ccccc2)c2ccccc2)c1. The van der Waals surface area contributed by atoms with Crippen LogP contribution in [0, 0.1) is 0 Å². The van der Waals surface area contributed by atoms with Crippen molar-refractivity contribution in [3.05, 3.63) is 132 Å². The van der Waals surface area contributed by atoms with Crippen LogP contribution < -0.4 is 20.9 Å². The van der Waals surface area contributed by atoms with Gasteiger partial charge in [0.15, 0.2) is 0 Å². The molecule has 0 aliphatic rings. The highest BCUT2D eigenvalue weighted by Crippen LogP contribution is 2.25. The summed E-state index contributed by atoms with van der Waals surface area (Å²) in [5.41, 5.74) is 4.52. The summed E-state index contributed by atoms with van der Waals surface area (Å²) in [7, 11) is 0. The van der Waals surface area contributed by atoms with Crippen LogP contribution in [0.4, 0.5) is 21.0 Å². The van der Waals surface area contributed by atoms with Crippen molar-refractivity contribution in [1.82, 2.24) is 16.0 Å². The monoisotopic (exact) mass is 464 g/mol. The molecule has 0 aliphatic heterocycles. The summed E-state index contributed by atoms with van der Waals surface area (Å²) in [6.45, 7) is 1.23. The van der Waals surface area contributed by atoms with Gasteiger partial charge in [-0.15, -0.1) is 0 Å². The summed E-state index contributed by atoms with van der Waals surface area (Å²) in [6.07, 6.45) is 0. The Balaban J connectivity index is 1.33. The van der Waals surface area contributed by atoms with Crippen molar-refractivity contribution in [2.24, 2.45) is 0 Å². The van der Waals surface area contributed by atoms with E-state index in [1.54, 1.807) is 4.90 Å². The molecule has 0 saturated carbocycles. The van der Waals surface area contributed by atoms with E-state index < -0.39 is 0 Å². The predicted molar refractivity (Wildman–Crippen MR) is 139 cm³/mol. The topological polar surface area (TPSA) is 73.5 Å². The predicted octanol–water partition coefficient (Wildman–Crippen LogP) is 5.73. The van der Waals surface area contributed by atoms with Gasteiger partial charge in [-0.2, -0.15) is 0 Å². The second kappa shape index (κ2) is 12.0. The van der Waals surface area contributed by atoms with Crippen molar-refractivity contribution in [2.45, 2.75) is 19.6 Å². The smallest absolute Gasteiger partial charge is 0.326 e. The summed E-state index contributed by atoms with van der Waals surface area (Å²) in [5.74, 6) is 0. The van der Waals surface area contributed by atoms with Crippen LogP contribution in [-0.2, 0) is 19.6 Å². The molecule has 4 amide bonds. The number of carbonyl (C=O) groups is 2. The molecular formula is C29H28N4O2. The first-order valence-corrected chi connectivity index (χ1v) is 11.5. The maximum atomic E-state index is 13.2. The Kier molecular flexibility index (Phi) is 8.11. The lowest BCUT2D eigenvalue weighted by molar-refractivity contribution is 0.240. The number of hydrogen-bond donors (Lipinski definition) is 3. The van der Waals surface area contributed by atoms with Crippen molar-refractivity contribution < 1.29 is 9.59 Å². The minimum absolute atomic E-state index is 0.216. The number of anilines is 2. The van der Waals surface area contributed by atoms with E-state index in [1.807, 2.05) is 115 Å². The fraction of sp³-hybridized carbons (Fsp3) is 0.103. The van der Waals surface area contributed by atoms with E-state index in [2.05, 4.69) is 16.0 Å². The number of benzene rings is 4. The molecule has 0 bridgehead atoms. The van der Waals surface area contributed by atoms with Crippen molar-refractivity contribution in [1.29, 1.82) is 0 Å². The Labute approximate surface area is 205 Å². The Hall–Kier alpha value is -4.58. The number of rotatable bonds is 8. The largest absolute Gasteiger partial charge is 0.334 e. The van der Waals surface area contributed by atoms with Gasteiger partial charge in [0.1, 0.15) is 0 Å². The molecule has 0 aromatic heterocycles. The van der Waals surface area contributed by atoms with Crippen molar-refractivity contribution in [3.63, 3.8) is 0 Å². The number of urea groups is 2. The third-order valence-corrected chi connectivity index (χ3v) is 5.42. The highest BCUT2D eigenvalue weighted by molar-refractivity contribution is 5.99. The molecule has 6 heteroatoms. The van der Waals surface area contributed by atoms with Gasteiger partial charge in [0.25, 0.3) is 0 Å². The summed E-state index contributed by atoms with van der Waals surface area (Å²) < 4.78 is 0. The molecule has 35 heavy (non-hydrogen) atoms. The van der Waals surface area contributed by atoms with Crippen LogP contribution in [0.25, 0.3) is 0 Å². The maximum absolute atomic E-state index is 13.2. The van der Waals surface area contributed by atoms with Gasteiger partial charge < -0.3 is 16.0 Å². The molecule has 0 aliphatic carbocycles. The van der Waals surface area contributed by atoms with Crippen LogP contribution in [0.1, 0.15) is 16.7 Å². The van der Waals surface area contributed by atoms with Crippen molar-refractivity contribution >= 4 is 23.4 Å². The van der Waals surface area contributed by atoms with Gasteiger partial charge in [0.05, 0.1) is 11.4 Å². The van der Waals surface area contributed by atoms with Crippen LogP contribution in [0.3, 0.4) is 0 Å². The van der Waals surface area contributed by atoms with Crippen LogP contribution in [-0.4, -0.2) is 12.1 Å². The van der Waals surface area contributed by atoms with Gasteiger partial charge in [-0.05, 0) is 41.0 Å². The van der Waals surface area contributed by atoms with Gasteiger partial charge in [-0.3, -0.25) is 4.90 Å². The highest BCUT2D eigenvalue weighted by Gasteiger charge is 2.17. The summed E-state index contributed by atoms with van der Waals surface area (Å²) in [6, 6.07) is 36.2. The summed E-state index contributed by atoms with van der Waals surface area (Å²) in [5, 5.41) is 8.75. The van der Waals surface area contributed by atoms with Gasteiger partial charge in [-0.25, -0.2) is 9.59 Å². The van der Waals surface area contributed by atoms with E-state index >= 15 is 0 Å². The van der Waals surface area contributed by atoms with Gasteiger partial charge in [0, 0.05) is 19.6 Å². The molecule has 3 N–H and O–H groups in total. The lowest BCUT2D eigenvalue weighted by Gasteiger charge is -2.23. The minimum atomic E-state index is -0.228. The molecule has 4 rings (SSSR count). The molecule has 0 heterocycles. The van der Waals surface area contributed by atoms with Crippen molar-refractivity contribution in [2.75, 3.05) is 4.90 Å². The van der Waals surface area contributed by atoms with E-state index in [4.69, 9.17) is 0 Å². The standard InChI is InChI=1S/C29H28N4O2/c34-28(30-20-23-11-4-1-5-12-23)31-21-24-13-10-14-25(19-24)22-32-29(35)33(26-15-6-2-7-16-26)27-17-8-3-9-18-27/h1-19H,20-22H2,(H,32,35)(H2,30,31,34). The third-order valence-electron chi connectivity index (χ3n) is 5.42. The van der Waals surface area contributed by atoms with E-state index in [9.17, 15) is 9.59 Å². The number of para-hydroxylation sites is 2. The lowest BCUT2D eigenvalue weighted by atomic mass is 10.1. The van der Waals surface area contributed by atoms with Gasteiger partial charge >= 0.3 is 12.1 Å². The maximum Gasteiger partial charge on any atom is 0.326 e. The average molecular weight is 465 g/mol. The molecule has 0 radical (unpaired) electrons. The molecule has 0 atom stereocenters. The third kappa shape index (κ3) is 6.95. The highest BCUT2D eigenvalue weighted by atomic mass is 16.2. The molecule has 4 aromatic carbocycles. The number of nitrogens with zero attached hydrogens (tertiary/aromatic N) is 1. The van der Waals surface area contributed by atoms with Crippen LogP contribution in [0.2, 0.25) is 0 Å². The number of nitrogens with one attached hydrogen (secondary N) is 3. The van der Waals surface area contributed by atoms with E-state index in [-0.39, 0.29) is 12.1 Å². The first-order valence-electron chi connectivity index (χ1n) is 11.5. The lowest BCUT2D eigenvalue weighted by Crippen LogP contribution is -2.36. The zero-order valence-corrected chi connectivity index (χ0v) is 19.4. The summed E-state index contributed by atoms with van der Waals surface area (Å²) in [4.78, 5) is 27.0. The molecule has 0 saturated heterocycles. The Morgan fingerprint density at radius 2 is 0.943 bits per heavy atom. The minimum Gasteiger partial charge on any atom is -0.334 e. The second-order valence-electron chi connectivity index (χ2n) is 8.01. The zero-order valence-electron chi connectivity index (χ0n) is 19.4. The van der Waals surface area contributed by atoms with Crippen molar-refractivity contribution in [3.8, 4) is 0 Å². The van der Waals surface area contributed by atoms with Gasteiger partial charge in [-0.1, -0.05) is 91.0 Å².